The van der Waals surface area contributed by atoms with E-state index < -0.39 is 0 Å². The molecule has 1 fully saturated rings. The molecule has 1 N–H and O–H groups in total. The van der Waals surface area contributed by atoms with Crippen molar-refractivity contribution in [1.82, 2.24) is 15.1 Å². The number of nitrogens with one attached hydrogen (secondary N) is 1. The SMILES string of the molecule is CC(C)C(=O)N1CCN(C(=O)c2ccc3c(c2)CNC3)CC1. The minimum absolute atomic E-state index is 0.0199. The third-order valence-electron chi connectivity index (χ3n) is 4.46. The van der Waals surface area contributed by atoms with E-state index in [1.54, 1.807) is 0 Å². The molecule has 5 nitrogen and oxygen atoms in total. The van der Waals surface area contributed by atoms with Gasteiger partial charge in [0.15, 0.2) is 0 Å². The van der Waals surface area contributed by atoms with Gasteiger partial charge in [-0.3, -0.25) is 9.59 Å². The molecule has 2 aliphatic heterocycles. The van der Waals surface area contributed by atoms with E-state index in [-0.39, 0.29) is 17.7 Å². The number of piperazine rings is 1. The molecule has 2 heterocycles. The highest BCUT2D eigenvalue weighted by Gasteiger charge is 2.26. The van der Waals surface area contributed by atoms with Crippen molar-refractivity contribution < 1.29 is 9.59 Å². The highest BCUT2D eigenvalue weighted by molar-refractivity contribution is 5.94. The molecular weight excluding hydrogens is 278 g/mol. The van der Waals surface area contributed by atoms with Gasteiger partial charge in [0.05, 0.1) is 0 Å². The summed E-state index contributed by atoms with van der Waals surface area (Å²) in [4.78, 5) is 28.3. The maximum Gasteiger partial charge on any atom is 0.253 e. The van der Waals surface area contributed by atoms with Gasteiger partial charge >= 0.3 is 0 Å². The van der Waals surface area contributed by atoms with Crippen LogP contribution in [0.2, 0.25) is 0 Å². The number of carbonyl (C=O) groups is 2. The Hall–Kier alpha value is -1.88. The van der Waals surface area contributed by atoms with E-state index in [1.807, 2.05) is 41.8 Å². The van der Waals surface area contributed by atoms with Crippen LogP contribution in [0.15, 0.2) is 18.2 Å². The second kappa shape index (κ2) is 6.08. The van der Waals surface area contributed by atoms with E-state index in [0.717, 1.165) is 18.7 Å². The van der Waals surface area contributed by atoms with Crippen molar-refractivity contribution in [3.63, 3.8) is 0 Å². The Balaban J connectivity index is 1.64. The number of benzene rings is 1. The van der Waals surface area contributed by atoms with E-state index in [2.05, 4.69) is 5.32 Å². The van der Waals surface area contributed by atoms with Gasteiger partial charge in [-0.1, -0.05) is 19.9 Å². The van der Waals surface area contributed by atoms with Gasteiger partial charge in [0.1, 0.15) is 0 Å². The Morgan fingerprint density at radius 2 is 1.64 bits per heavy atom. The van der Waals surface area contributed by atoms with Gasteiger partial charge in [0, 0.05) is 50.7 Å². The van der Waals surface area contributed by atoms with Crippen molar-refractivity contribution in [2.24, 2.45) is 5.92 Å². The van der Waals surface area contributed by atoms with Crippen molar-refractivity contribution in [2.75, 3.05) is 26.2 Å². The Labute approximate surface area is 131 Å². The zero-order chi connectivity index (χ0) is 15.7. The quantitative estimate of drug-likeness (QED) is 0.894. The van der Waals surface area contributed by atoms with Crippen LogP contribution in [0.1, 0.15) is 35.3 Å². The second-order valence-electron chi connectivity index (χ2n) is 6.36. The molecule has 2 aliphatic rings. The molecule has 2 amide bonds. The number of nitrogens with zero attached hydrogens (tertiary/aromatic N) is 2. The molecule has 0 radical (unpaired) electrons. The van der Waals surface area contributed by atoms with Crippen molar-refractivity contribution in [2.45, 2.75) is 26.9 Å². The summed E-state index contributed by atoms with van der Waals surface area (Å²) >= 11 is 0. The van der Waals surface area contributed by atoms with Crippen molar-refractivity contribution in [3.05, 3.63) is 34.9 Å². The molecule has 0 atom stereocenters. The molecule has 1 aromatic rings. The Kier molecular flexibility index (Phi) is 4.16. The molecule has 22 heavy (non-hydrogen) atoms. The Morgan fingerprint density at radius 3 is 2.32 bits per heavy atom. The number of rotatable bonds is 2. The van der Waals surface area contributed by atoms with E-state index >= 15 is 0 Å². The van der Waals surface area contributed by atoms with E-state index in [0.29, 0.717) is 26.2 Å². The highest BCUT2D eigenvalue weighted by Crippen LogP contribution is 2.19. The summed E-state index contributed by atoms with van der Waals surface area (Å²) in [6.07, 6.45) is 0. The smallest absolute Gasteiger partial charge is 0.253 e. The van der Waals surface area contributed by atoms with Crippen LogP contribution in [0.25, 0.3) is 0 Å². The van der Waals surface area contributed by atoms with Crippen molar-refractivity contribution in [3.8, 4) is 0 Å². The van der Waals surface area contributed by atoms with E-state index in [4.69, 9.17) is 0 Å². The molecule has 5 heteroatoms. The summed E-state index contributed by atoms with van der Waals surface area (Å²) in [6.45, 7) is 8.06. The van der Waals surface area contributed by atoms with E-state index in [9.17, 15) is 9.59 Å². The molecule has 1 aromatic carbocycles. The summed E-state index contributed by atoms with van der Waals surface area (Å²) in [5.41, 5.74) is 3.26. The lowest BCUT2D eigenvalue weighted by molar-refractivity contribution is -0.135. The van der Waals surface area contributed by atoms with Gasteiger partial charge < -0.3 is 15.1 Å². The van der Waals surface area contributed by atoms with Gasteiger partial charge in [-0.05, 0) is 23.3 Å². The molecule has 1 saturated heterocycles. The average Bonchev–Trinajstić information content (AvgIpc) is 3.01. The fraction of sp³-hybridized carbons (Fsp3) is 0.529. The molecule has 0 aromatic heterocycles. The lowest BCUT2D eigenvalue weighted by Crippen LogP contribution is -2.51. The standard InChI is InChI=1S/C17H23N3O2/c1-12(2)16(21)19-5-7-20(8-6-19)17(22)13-3-4-14-10-18-11-15(14)9-13/h3-4,9,12,18H,5-8,10-11H2,1-2H3. The minimum atomic E-state index is 0.0199. The summed E-state index contributed by atoms with van der Waals surface area (Å²) in [7, 11) is 0. The molecule has 0 saturated carbocycles. The van der Waals surface area contributed by atoms with Crippen LogP contribution in [0, 0.1) is 5.92 Å². The highest BCUT2D eigenvalue weighted by atomic mass is 16.2. The largest absolute Gasteiger partial charge is 0.339 e. The van der Waals surface area contributed by atoms with E-state index in [1.165, 1.54) is 11.1 Å². The van der Waals surface area contributed by atoms with Crippen LogP contribution in [-0.4, -0.2) is 47.8 Å². The van der Waals surface area contributed by atoms with Gasteiger partial charge in [-0.25, -0.2) is 0 Å². The van der Waals surface area contributed by atoms with Crippen LogP contribution in [0.4, 0.5) is 0 Å². The Bertz CT molecular complexity index is 590. The fourth-order valence-corrected chi connectivity index (χ4v) is 3.11. The molecule has 118 valence electrons. The molecular formula is C17H23N3O2. The average molecular weight is 301 g/mol. The number of hydrogen-bond donors (Lipinski definition) is 1. The minimum Gasteiger partial charge on any atom is -0.339 e. The first-order valence-electron chi connectivity index (χ1n) is 7.97. The maximum absolute atomic E-state index is 12.6. The van der Waals surface area contributed by atoms with Gasteiger partial charge in [-0.2, -0.15) is 0 Å². The Morgan fingerprint density at radius 1 is 1.00 bits per heavy atom. The first-order valence-corrected chi connectivity index (χ1v) is 7.97. The van der Waals surface area contributed by atoms with Crippen LogP contribution >= 0.6 is 0 Å². The second-order valence-corrected chi connectivity index (χ2v) is 6.36. The van der Waals surface area contributed by atoms with Gasteiger partial charge in [-0.15, -0.1) is 0 Å². The fourth-order valence-electron chi connectivity index (χ4n) is 3.11. The van der Waals surface area contributed by atoms with Crippen LogP contribution in [0.5, 0.6) is 0 Å². The molecule has 0 bridgehead atoms. The molecule has 0 spiro atoms. The van der Waals surface area contributed by atoms with Crippen molar-refractivity contribution >= 4 is 11.8 Å². The number of amides is 2. The number of hydrogen-bond acceptors (Lipinski definition) is 3. The first kappa shape index (κ1) is 15.0. The zero-order valence-corrected chi connectivity index (χ0v) is 13.3. The van der Waals surface area contributed by atoms with Crippen LogP contribution in [0.3, 0.4) is 0 Å². The van der Waals surface area contributed by atoms with Gasteiger partial charge in [0.2, 0.25) is 5.91 Å². The summed E-state index contributed by atoms with van der Waals surface area (Å²) in [5.74, 6) is 0.272. The van der Waals surface area contributed by atoms with Gasteiger partial charge in [0.25, 0.3) is 5.91 Å². The number of carbonyl (C=O) groups excluding carboxylic acids is 2. The monoisotopic (exact) mass is 301 g/mol. The topological polar surface area (TPSA) is 52.7 Å². The lowest BCUT2D eigenvalue weighted by Gasteiger charge is -2.35. The predicted octanol–water partition coefficient (Wildman–Crippen LogP) is 1.23. The zero-order valence-electron chi connectivity index (χ0n) is 13.3. The summed E-state index contributed by atoms with van der Waals surface area (Å²) in [5, 5.41) is 3.29. The summed E-state index contributed by atoms with van der Waals surface area (Å²) < 4.78 is 0. The first-order chi connectivity index (χ1) is 10.6. The summed E-state index contributed by atoms with van der Waals surface area (Å²) in [6, 6.07) is 5.96. The maximum atomic E-state index is 12.6. The predicted molar refractivity (Wildman–Crippen MR) is 84.3 cm³/mol. The van der Waals surface area contributed by atoms with Crippen LogP contribution in [-0.2, 0) is 17.9 Å². The third kappa shape index (κ3) is 2.86. The lowest BCUT2D eigenvalue weighted by atomic mass is 10.1. The molecule has 0 aliphatic carbocycles. The molecule has 0 unspecified atom stereocenters. The normalized spacial score (nSPS) is 17.8. The third-order valence-corrected chi connectivity index (χ3v) is 4.46. The number of fused-ring (bicyclic) bond motifs is 1. The molecule has 3 rings (SSSR count). The van der Waals surface area contributed by atoms with Crippen LogP contribution < -0.4 is 5.32 Å². The van der Waals surface area contributed by atoms with Crippen molar-refractivity contribution in [1.29, 1.82) is 0 Å².